The van der Waals surface area contributed by atoms with Crippen LogP contribution in [0.15, 0.2) is 51.8 Å². The first-order valence-corrected chi connectivity index (χ1v) is 9.37. The van der Waals surface area contributed by atoms with E-state index < -0.39 is 21.9 Å². The highest BCUT2D eigenvalue weighted by Gasteiger charge is 2.14. The largest absolute Gasteiger partial charge is 0.349 e. The molecule has 1 amide bonds. The Morgan fingerprint density at radius 2 is 2.00 bits per heavy atom. The molecule has 0 radical (unpaired) electrons. The highest BCUT2D eigenvalue weighted by molar-refractivity contribution is 9.10. The van der Waals surface area contributed by atoms with Crippen molar-refractivity contribution in [3.05, 3.63) is 63.9 Å². The molecule has 0 aliphatic carbocycles. The second kappa shape index (κ2) is 7.42. The van der Waals surface area contributed by atoms with Crippen LogP contribution in [0, 0.1) is 5.82 Å². The Morgan fingerprint density at radius 1 is 1.29 bits per heavy atom. The number of amides is 1. The second-order valence-corrected chi connectivity index (χ2v) is 7.75. The van der Waals surface area contributed by atoms with Gasteiger partial charge in [-0.3, -0.25) is 4.79 Å². The molecule has 0 aromatic heterocycles. The lowest BCUT2D eigenvalue weighted by Crippen LogP contribution is -2.28. The van der Waals surface area contributed by atoms with Crippen molar-refractivity contribution in [3.8, 4) is 0 Å². The molecule has 0 saturated heterocycles. The molecule has 0 fully saturated rings. The van der Waals surface area contributed by atoms with E-state index in [0.717, 1.165) is 0 Å². The Morgan fingerprint density at radius 3 is 2.62 bits per heavy atom. The molecule has 3 N–H and O–H groups in total. The number of carbonyl (C=O) groups is 1. The number of sulfonamides is 1. The minimum Gasteiger partial charge on any atom is -0.349 e. The number of rotatable bonds is 5. The van der Waals surface area contributed by atoms with Crippen LogP contribution in [-0.4, -0.2) is 14.3 Å². The summed E-state index contributed by atoms with van der Waals surface area (Å²) in [7, 11) is -3.80. The molecule has 1 unspecified atom stereocenters. The molecule has 1 atom stereocenters. The Kier molecular flexibility index (Phi) is 5.74. The van der Waals surface area contributed by atoms with E-state index in [2.05, 4.69) is 21.2 Å². The van der Waals surface area contributed by atoms with Crippen LogP contribution >= 0.6 is 15.9 Å². The molecular weight excluding hydrogens is 399 g/mol. The minimum absolute atomic E-state index is 0.0106. The van der Waals surface area contributed by atoms with Crippen molar-refractivity contribution in [3.63, 3.8) is 0 Å². The van der Waals surface area contributed by atoms with Crippen molar-refractivity contribution >= 4 is 31.9 Å². The van der Waals surface area contributed by atoms with Gasteiger partial charge in [0.2, 0.25) is 15.9 Å². The van der Waals surface area contributed by atoms with Gasteiger partial charge in [0.25, 0.3) is 0 Å². The fourth-order valence-electron chi connectivity index (χ4n) is 2.17. The second-order valence-electron chi connectivity index (χ2n) is 5.33. The van der Waals surface area contributed by atoms with E-state index in [4.69, 9.17) is 5.14 Å². The molecule has 2 aromatic rings. The van der Waals surface area contributed by atoms with E-state index in [1.54, 1.807) is 25.1 Å². The van der Waals surface area contributed by atoms with E-state index in [1.165, 1.54) is 24.3 Å². The Labute approximate surface area is 148 Å². The van der Waals surface area contributed by atoms with Crippen LogP contribution in [0.1, 0.15) is 24.1 Å². The van der Waals surface area contributed by atoms with Gasteiger partial charge in [-0.2, -0.15) is 0 Å². The lowest BCUT2D eigenvalue weighted by Gasteiger charge is -2.15. The normalized spacial score (nSPS) is 12.7. The molecule has 8 heteroatoms. The number of hydrogen-bond acceptors (Lipinski definition) is 3. The smallest absolute Gasteiger partial charge is 0.238 e. The third-order valence-electron chi connectivity index (χ3n) is 3.41. The van der Waals surface area contributed by atoms with Gasteiger partial charge in [-0.1, -0.05) is 18.2 Å². The predicted octanol–water partition coefficient (Wildman–Crippen LogP) is 2.66. The molecule has 0 heterocycles. The molecule has 0 spiro atoms. The van der Waals surface area contributed by atoms with Gasteiger partial charge in [0.05, 0.1) is 21.8 Å². The average Bonchev–Trinajstić information content (AvgIpc) is 2.50. The SMILES string of the molecule is CC(NC(=O)Cc1ccc(F)c(Br)c1)c1cccc(S(N)(=O)=O)c1. The standard InChI is InChI=1S/C16H16BrFN2O3S/c1-10(12-3-2-4-13(9-12)24(19,22)23)20-16(21)8-11-5-6-15(18)14(17)7-11/h2-7,9-10H,8H2,1H3,(H,20,21)(H2,19,22,23). The third kappa shape index (κ3) is 4.86. The van der Waals surface area contributed by atoms with Gasteiger partial charge >= 0.3 is 0 Å². The van der Waals surface area contributed by atoms with Crippen LogP contribution in [-0.2, 0) is 21.2 Å². The summed E-state index contributed by atoms with van der Waals surface area (Å²) in [6.07, 6.45) is 0.0814. The van der Waals surface area contributed by atoms with Crippen LogP contribution in [0.5, 0.6) is 0 Å². The number of nitrogens with two attached hydrogens (primary N) is 1. The first-order chi connectivity index (χ1) is 11.2. The van der Waals surface area contributed by atoms with Crippen LogP contribution < -0.4 is 10.5 Å². The van der Waals surface area contributed by atoms with Crippen LogP contribution in [0.3, 0.4) is 0 Å². The summed E-state index contributed by atoms with van der Waals surface area (Å²) >= 11 is 3.07. The number of nitrogens with one attached hydrogen (secondary N) is 1. The summed E-state index contributed by atoms with van der Waals surface area (Å²) < 4.78 is 36.3. The number of hydrogen-bond donors (Lipinski definition) is 2. The maximum absolute atomic E-state index is 13.2. The van der Waals surface area contributed by atoms with Crippen molar-refractivity contribution in [1.82, 2.24) is 5.32 Å². The van der Waals surface area contributed by atoms with E-state index in [1.807, 2.05) is 0 Å². The van der Waals surface area contributed by atoms with Crippen molar-refractivity contribution in [2.45, 2.75) is 24.3 Å². The number of halogens is 2. The molecule has 24 heavy (non-hydrogen) atoms. The van der Waals surface area contributed by atoms with E-state index >= 15 is 0 Å². The lowest BCUT2D eigenvalue weighted by molar-refractivity contribution is -0.121. The van der Waals surface area contributed by atoms with Crippen LogP contribution in [0.25, 0.3) is 0 Å². The molecule has 0 aliphatic heterocycles. The zero-order valence-electron chi connectivity index (χ0n) is 12.8. The molecule has 2 rings (SSSR count). The quantitative estimate of drug-likeness (QED) is 0.787. The van der Waals surface area contributed by atoms with E-state index in [9.17, 15) is 17.6 Å². The summed E-state index contributed by atoms with van der Waals surface area (Å²) in [4.78, 5) is 12.1. The summed E-state index contributed by atoms with van der Waals surface area (Å²) in [6.45, 7) is 1.74. The van der Waals surface area contributed by atoms with Crippen molar-refractivity contribution in [2.24, 2.45) is 5.14 Å². The Hall–Kier alpha value is -1.77. The third-order valence-corrected chi connectivity index (χ3v) is 4.93. The molecule has 0 bridgehead atoms. The summed E-state index contributed by atoms with van der Waals surface area (Å²) in [5.74, 6) is -0.658. The zero-order chi connectivity index (χ0) is 17.9. The average molecular weight is 415 g/mol. The van der Waals surface area contributed by atoms with Crippen molar-refractivity contribution in [2.75, 3.05) is 0 Å². The summed E-state index contributed by atoms with van der Waals surface area (Å²) in [5.41, 5.74) is 1.28. The van der Waals surface area contributed by atoms with Crippen LogP contribution in [0.2, 0.25) is 0 Å². The number of benzene rings is 2. The van der Waals surface area contributed by atoms with Gasteiger partial charge in [-0.15, -0.1) is 0 Å². The Balaban J connectivity index is 2.07. The lowest BCUT2D eigenvalue weighted by atomic mass is 10.1. The molecule has 128 valence electrons. The summed E-state index contributed by atoms with van der Waals surface area (Å²) in [6, 6.07) is 10.0. The molecule has 5 nitrogen and oxygen atoms in total. The van der Waals surface area contributed by atoms with Gasteiger partial charge in [0.15, 0.2) is 0 Å². The van der Waals surface area contributed by atoms with Gasteiger partial charge in [-0.25, -0.2) is 17.9 Å². The fraction of sp³-hybridized carbons (Fsp3) is 0.188. The van der Waals surface area contributed by atoms with Gasteiger partial charge in [0, 0.05) is 0 Å². The van der Waals surface area contributed by atoms with Gasteiger partial charge in [-0.05, 0) is 58.2 Å². The van der Waals surface area contributed by atoms with Crippen molar-refractivity contribution < 1.29 is 17.6 Å². The molecule has 0 aliphatic rings. The van der Waals surface area contributed by atoms with Crippen LogP contribution in [0.4, 0.5) is 4.39 Å². The molecular formula is C16H16BrFN2O3S. The predicted molar refractivity (Wildman–Crippen MR) is 92.2 cm³/mol. The van der Waals surface area contributed by atoms with E-state index in [0.29, 0.717) is 15.6 Å². The fourth-order valence-corrected chi connectivity index (χ4v) is 3.17. The highest BCUT2D eigenvalue weighted by Crippen LogP contribution is 2.19. The molecule has 0 saturated carbocycles. The number of carbonyl (C=O) groups excluding carboxylic acids is 1. The minimum atomic E-state index is -3.80. The van der Waals surface area contributed by atoms with E-state index in [-0.39, 0.29) is 17.2 Å². The van der Waals surface area contributed by atoms with Crippen molar-refractivity contribution in [1.29, 1.82) is 0 Å². The highest BCUT2D eigenvalue weighted by atomic mass is 79.9. The van der Waals surface area contributed by atoms with Gasteiger partial charge in [0.1, 0.15) is 5.82 Å². The topological polar surface area (TPSA) is 89.3 Å². The monoisotopic (exact) mass is 414 g/mol. The Bertz CT molecular complexity index is 871. The number of primary sulfonamides is 1. The first kappa shape index (κ1) is 18.6. The maximum Gasteiger partial charge on any atom is 0.238 e. The summed E-state index contributed by atoms with van der Waals surface area (Å²) in [5, 5.41) is 7.88. The maximum atomic E-state index is 13.2. The van der Waals surface area contributed by atoms with Gasteiger partial charge < -0.3 is 5.32 Å². The zero-order valence-corrected chi connectivity index (χ0v) is 15.2. The molecule has 2 aromatic carbocycles. The first-order valence-electron chi connectivity index (χ1n) is 7.03.